The number of aromatic nitrogens is 4. The lowest BCUT2D eigenvalue weighted by molar-refractivity contribution is -0.127. The van der Waals surface area contributed by atoms with Gasteiger partial charge in [-0.3, -0.25) is 4.79 Å². The second-order valence-corrected chi connectivity index (χ2v) is 6.98. The molecule has 4 rings (SSSR count). The zero-order valence-electron chi connectivity index (χ0n) is 14.8. The zero-order valence-corrected chi connectivity index (χ0v) is 14.8. The van der Waals surface area contributed by atoms with Gasteiger partial charge in [0.15, 0.2) is 11.5 Å². The number of piperidine rings is 1. The van der Waals surface area contributed by atoms with Crippen LogP contribution in [0.4, 0.5) is 0 Å². The minimum Gasteiger partial charge on any atom is -0.480 e. The number of carbonyl (C=O) groups is 1. The number of likely N-dealkylation sites (tertiary alicyclic amines) is 2. The van der Waals surface area contributed by atoms with Crippen LogP contribution in [-0.2, 0) is 4.79 Å². The summed E-state index contributed by atoms with van der Waals surface area (Å²) in [6.45, 7) is 3.01. The third-order valence-electron chi connectivity index (χ3n) is 5.53. The van der Waals surface area contributed by atoms with Gasteiger partial charge in [0, 0.05) is 38.0 Å². The van der Waals surface area contributed by atoms with Gasteiger partial charge in [0.05, 0.1) is 7.11 Å². The van der Waals surface area contributed by atoms with Gasteiger partial charge in [-0.2, -0.15) is 4.52 Å². The Bertz CT molecular complexity index is 768. The van der Waals surface area contributed by atoms with E-state index < -0.39 is 0 Å². The van der Waals surface area contributed by atoms with E-state index in [4.69, 9.17) is 4.74 Å². The molecule has 2 aliphatic heterocycles. The summed E-state index contributed by atoms with van der Waals surface area (Å²) in [6, 6.07) is 4.05. The van der Waals surface area contributed by atoms with E-state index in [2.05, 4.69) is 20.2 Å². The van der Waals surface area contributed by atoms with Gasteiger partial charge in [0.2, 0.25) is 11.8 Å². The van der Waals surface area contributed by atoms with Crippen molar-refractivity contribution in [3.05, 3.63) is 18.0 Å². The van der Waals surface area contributed by atoms with E-state index in [0.717, 1.165) is 50.4 Å². The van der Waals surface area contributed by atoms with Crippen LogP contribution in [0.15, 0.2) is 12.1 Å². The molecule has 0 aromatic carbocycles. The molecule has 1 atom stereocenters. The number of methoxy groups -OCH3 is 1. The van der Waals surface area contributed by atoms with Crippen molar-refractivity contribution in [2.75, 3.05) is 33.8 Å². The highest BCUT2D eigenvalue weighted by Crippen LogP contribution is 2.28. The lowest BCUT2D eigenvalue weighted by atomic mass is 9.95. The molecule has 4 heterocycles. The summed E-state index contributed by atoms with van der Waals surface area (Å²) in [7, 11) is 3.54. The van der Waals surface area contributed by atoms with Crippen LogP contribution in [0.5, 0.6) is 5.88 Å². The molecule has 8 nitrogen and oxygen atoms in total. The molecule has 0 spiro atoms. The number of ether oxygens (including phenoxy) is 1. The summed E-state index contributed by atoms with van der Waals surface area (Å²) in [4.78, 5) is 16.1. The van der Waals surface area contributed by atoms with Gasteiger partial charge in [-0.25, -0.2) is 0 Å². The lowest BCUT2D eigenvalue weighted by Gasteiger charge is -2.34. The number of hydrogen-bond donors (Lipinski definition) is 0. The Balaban J connectivity index is 1.41. The van der Waals surface area contributed by atoms with E-state index in [1.807, 2.05) is 22.5 Å². The fourth-order valence-electron chi connectivity index (χ4n) is 3.90. The van der Waals surface area contributed by atoms with Crippen LogP contribution < -0.4 is 4.74 Å². The van der Waals surface area contributed by atoms with Gasteiger partial charge in [0.25, 0.3) is 0 Å². The Hall–Kier alpha value is -2.22. The van der Waals surface area contributed by atoms with Gasteiger partial charge < -0.3 is 14.5 Å². The maximum atomic E-state index is 11.7. The molecule has 2 fully saturated rings. The molecule has 2 aromatic heterocycles. The Morgan fingerprint density at radius 1 is 1.20 bits per heavy atom. The van der Waals surface area contributed by atoms with Crippen LogP contribution in [0.3, 0.4) is 0 Å². The first-order valence-corrected chi connectivity index (χ1v) is 8.90. The summed E-state index contributed by atoms with van der Waals surface area (Å²) < 4.78 is 7.02. The summed E-state index contributed by atoms with van der Waals surface area (Å²) in [5.41, 5.74) is 0.754. The van der Waals surface area contributed by atoms with Crippen molar-refractivity contribution in [2.24, 2.45) is 0 Å². The van der Waals surface area contributed by atoms with Gasteiger partial charge in [-0.1, -0.05) is 0 Å². The summed E-state index contributed by atoms with van der Waals surface area (Å²) in [6.07, 6.45) is 3.73. The second-order valence-electron chi connectivity index (χ2n) is 6.98. The van der Waals surface area contributed by atoms with E-state index >= 15 is 0 Å². The molecule has 1 amide bonds. The van der Waals surface area contributed by atoms with Crippen molar-refractivity contribution < 1.29 is 9.53 Å². The van der Waals surface area contributed by atoms with E-state index in [-0.39, 0.29) is 5.91 Å². The first-order valence-electron chi connectivity index (χ1n) is 8.90. The Morgan fingerprint density at radius 2 is 2.00 bits per heavy atom. The number of nitrogens with zero attached hydrogens (tertiary/aromatic N) is 6. The highest BCUT2D eigenvalue weighted by Gasteiger charge is 2.31. The van der Waals surface area contributed by atoms with Crippen molar-refractivity contribution in [1.29, 1.82) is 0 Å². The predicted octanol–water partition coefficient (Wildman–Crippen LogP) is 0.933. The first-order chi connectivity index (χ1) is 12.2. The molecule has 0 bridgehead atoms. The second kappa shape index (κ2) is 6.59. The maximum Gasteiger partial charge on any atom is 0.231 e. The van der Waals surface area contributed by atoms with Gasteiger partial charge in [0.1, 0.15) is 0 Å². The van der Waals surface area contributed by atoms with Gasteiger partial charge >= 0.3 is 0 Å². The van der Waals surface area contributed by atoms with E-state index in [0.29, 0.717) is 24.3 Å². The number of amides is 1. The average Bonchev–Trinajstić information content (AvgIpc) is 3.20. The van der Waals surface area contributed by atoms with Crippen molar-refractivity contribution in [1.82, 2.24) is 29.6 Å². The quantitative estimate of drug-likeness (QED) is 0.821. The lowest BCUT2D eigenvalue weighted by Crippen LogP contribution is -2.43. The molecule has 0 saturated carbocycles. The molecule has 1 unspecified atom stereocenters. The van der Waals surface area contributed by atoms with Crippen LogP contribution in [0.25, 0.3) is 5.65 Å². The molecule has 2 aliphatic rings. The maximum absolute atomic E-state index is 11.7. The molecule has 25 heavy (non-hydrogen) atoms. The smallest absolute Gasteiger partial charge is 0.231 e. The molecular weight excluding hydrogens is 320 g/mol. The molecule has 0 N–H and O–H groups in total. The number of carbonyl (C=O) groups excluding carboxylic acids is 1. The Morgan fingerprint density at radius 3 is 2.68 bits per heavy atom. The monoisotopic (exact) mass is 344 g/mol. The number of likely N-dealkylation sites (N-methyl/N-ethyl adjacent to an activating group) is 1. The van der Waals surface area contributed by atoms with Crippen LogP contribution >= 0.6 is 0 Å². The van der Waals surface area contributed by atoms with Crippen molar-refractivity contribution in [2.45, 2.75) is 37.6 Å². The van der Waals surface area contributed by atoms with Gasteiger partial charge in [-0.05, 0) is 38.4 Å². The van der Waals surface area contributed by atoms with E-state index in [1.165, 1.54) is 0 Å². The number of rotatable bonds is 4. The molecule has 0 aliphatic carbocycles. The van der Waals surface area contributed by atoms with Crippen molar-refractivity contribution >= 4 is 11.6 Å². The highest BCUT2D eigenvalue weighted by molar-refractivity contribution is 5.78. The topological polar surface area (TPSA) is 75.9 Å². The predicted molar refractivity (Wildman–Crippen MR) is 91.5 cm³/mol. The SMILES string of the molecule is COc1ccc2nnc(C3CCN(CC4CCC(=O)N4C)CC3)n2n1. The highest BCUT2D eigenvalue weighted by atomic mass is 16.5. The summed E-state index contributed by atoms with van der Waals surface area (Å²) in [5.74, 6) is 2.12. The van der Waals surface area contributed by atoms with Crippen LogP contribution in [-0.4, -0.2) is 75.4 Å². The molecular formula is C17H24N6O2. The number of fused-ring (bicyclic) bond motifs is 1. The van der Waals surface area contributed by atoms with E-state index in [9.17, 15) is 4.79 Å². The standard InChI is InChI=1S/C17H24N6O2/c1-21-13(3-6-16(21)24)11-22-9-7-12(8-10-22)17-19-18-14-4-5-15(25-2)20-23(14)17/h4-5,12-13H,3,6-11H2,1-2H3. The number of hydrogen-bond acceptors (Lipinski definition) is 6. The minimum atomic E-state index is 0.273. The van der Waals surface area contributed by atoms with Crippen LogP contribution in [0.1, 0.15) is 37.4 Å². The van der Waals surface area contributed by atoms with E-state index in [1.54, 1.807) is 13.2 Å². The third-order valence-corrected chi connectivity index (χ3v) is 5.53. The Kier molecular flexibility index (Phi) is 4.29. The van der Waals surface area contributed by atoms with Gasteiger partial charge in [-0.15, -0.1) is 15.3 Å². The molecule has 2 saturated heterocycles. The minimum absolute atomic E-state index is 0.273. The zero-order chi connectivity index (χ0) is 17.4. The first kappa shape index (κ1) is 16.3. The largest absolute Gasteiger partial charge is 0.480 e. The normalized spacial score (nSPS) is 22.9. The molecule has 2 aromatic rings. The fraction of sp³-hybridized carbons (Fsp3) is 0.647. The Labute approximate surface area is 146 Å². The van der Waals surface area contributed by atoms with Crippen molar-refractivity contribution in [3.63, 3.8) is 0 Å². The average molecular weight is 344 g/mol. The van der Waals surface area contributed by atoms with Crippen LogP contribution in [0, 0.1) is 0 Å². The molecule has 134 valence electrons. The van der Waals surface area contributed by atoms with Crippen molar-refractivity contribution in [3.8, 4) is 5.88 Å². The molecule has 0 radical (unpaired) electrons. The summed E-state index contributed by atoms with van der Waals surface area (Å²) in [5, 5.41) is 13.1. The fourth-order valence-corrected chi connectivity index (χ4v) is 3.90. The third kappa shape index (κ3) is 3.06. The molecule has 8 heteroatoms. The summed E-state index contributed by atoms with van der Waals surface area (Å²) >= 11 is 0. The van der Waals surface area contributed by atoms with Crippen LogP contribution in [0.2, 0.25) is 0 Å².